The Morgan fingerprint density at radius 1 is 1.22 bits per heavy atom. The summed E-state index contributed by atoms with van der Waals surface area (Å²) < 4.78 is 19.0. The molecule has 8 heteroatoms. The quantitative estimate of drug-likeness (QED) is 0.735. The molecule has 0 radical (unpaired) electrons. The van der Waals surface area contributed by atoms with Crippen LogP contribution in [0.3, 0.4) is 0 Å². The van der Waals surface area contributed by atoms with E-state index in [2.05, 4.69) is 25.3 Å². The van der Waals surface area contributed by atoms with Crippen molar-refractivity contribution in [3.8, 4) is 11.4 Å². The highest BCUT2D eigenvalue weighted by molar-refractivity contribution is 7.98. The highest BCUT2D eigenvalue weighted by Gasteiger charge is 2.22. The third kappa shape index (κ3) is 3.58. The molecule has 0 aliphatic heterocycles. The fourth-order valence-electron chi connectivity index (χ4n) is 1.83. The number of aromatic amines is 1. The Kier molecular flexibility index (Phi) is 4.16. The SMILES string of the molecule is CC(C)(C)c1nc(CSc2n[nH]c(-c3ccccc3F)n2)no1. The van der Waals surface area contributed by atoms with Gasteiger partial charge in [-0.15, -0.1) is 5.10 Å². The molecule has 1 N–H and O–H groups in total. The number of aromatic nitrogens is 5. The predicted molar refractivity (Wildman–Crippen MR) is 84.3 cm³/mol. The molecule has 0 aliphatic carbocycles. The maximum Gasteiger partial charge on any atom is 0.232 e. The molecule has 3 aromatic rings. The monoisotopic (exact) mass is 333 g/mol. The van der Waals surface area contributed by atoms with Crippen molar-refractivity contribution in [1.82, 2.24) is 25.3 Å². The summed E-state index contributed by atoms with van der Waals surface area (Å²) in [6.45, 7) is 6.02. The lowest BCUT2D eigenvalue weighted by molar-refractivity contribution is 0.319. The van der Waals surface area contributed by atoms with Crippen LogP contribution in [0.5, 0.6) is 0 Å². The van der Waals surface area contributed by atoms with E-state index >= 15 is 0 Å². The molecule has 2 aromatic heterocycles. The minimum absolute atomic E-state index is 0.182. The average molecular weight is 333 g/mol. The molecule has 0 bridgehead atoms. The zero-order valence-electron chi connectivity index (χ0n) is 13.0. The van der Waals surface area contributed by atoms with Crippen molar-refractivity contribution in [2.24, 2.45) is 0 Å². The summed E-state index contributed by atoms with van der Waals surface area (Å²) >= 11 is 1.36. The van der Waals surface area contributed by atoms with Crippen LogP contribution < -0.4 is 0 Å². The van der Waals surface area contributed by atoms with Gasteiger partial charge in [0.15, 0.2) is 11.6 Å². The first-order chi connectivity index (χ1) is 10.9. The zero-order chi connectivity index (χ0) is 16.4. The molecule has 120 valence electrons. The van der Waals surface area contributed by atoms with Gasteiger partial charge in [0.1, 0.15) is 5.82 Å². The summed E-state index contributed by atoms with van der Waals surface area (Å²) in [7, 11) is 0. The van der Waals surface area contributed by atoms with Gasteiger partial charge in [-0.2, -0.15) is 4.98 Å². The summed E-state index contributed by atoms with van der Waals surface area (Å²) in [5, 5.41) is 11.3. The molecule has 6 nitrogen and oxygen atoms in total. The second-order valence-corrected chi connectivity index (χ2v) is 6.94. The standard InChI is InChI=1S/C15H16FN5OS/c1-15(2,3)13-17-11(21-22-13)8-23-14-18-12(19-20-14)9-6-4-5-7-10(9)16/h4-7H,8H2,1-3H3,(H,18,19,20). The molecule has 0 saturated carbocycles. The molecule has 0 atom stereocenters. The highest BCUT2D eigenvalue weighted by Crippen LogP contribution is 2.25. The highest BCUT2D eigenvalue weighted by atomic mass is 32.2. The Morgan fingerprint density at radius 2 is 2.00 bits per heavy atom. The van der Waals surface area contributed by atoms with E-state index in [1.54, 1.807) is 18.2 Å². The first-order valence-electron chi connectivity index (χ1n) is 7.06. The van der Waals surface area contributed by atoms with Gasteiger partial charge in [0.2, 0.25) is 11.0 Å². The van der Waals surface area contributed by atoms with Crippen LogP contribution in [0.1, 0.15) is 32.5 Å². The third-order valence-electron chi connectivity index (χ3n) is 3.03. The van der Waals surface area contributed by atoms with E-state index in [0.717, 1.165) is 0 Å². The second-order valence-electron chi connectivity index (χ2n) is 6.00. The van der Waals surface area contributed by atoms with Crippen LogP contribution in [-0.2, 0) is 11.2 Å². The third-order valence-corrected chi connectivity index (χ3v) is 3.88. The number of nitrogens with zero attached hydrogens (tertiary/aromatic N) is 4. The Bertz CT molecular complexity index is 808. The van der Waals surface area contributed by atoms with Crippen LogP contribution in [-0.4, -0.2) is 25.3 Å². The normalized spacial score (nSPS) is 11.8. The molecule has 0 amide bonds. The van der Waals surface area contributed by atoms with E-state index in [-0.39, 0.29) is 11.2 Å². The number of nitrogens with one attached hydrogen (secondary N) is 1. The number of halogens is 1. The van der Waals surface area contributed by atoms with Gasteiger partial charge in [-0.25, -0.2) is 9.37 Å². The van der Waals surface area contributed by atoms with E-state index < -0.39 is 0 Å². The van der Waals surface area contributed by atoms with E-state index in [4.69, 9.17) is 4.52 Å². The number of benzene rings is 1. The number of H-pyrrole nitrogens is 1. The summed E-state index contributed by atoms with van der Waals surface area (Å²) in [6, 6.07) is 6.42. The summed E-state index contributed by atoms with van der Waals surface area (Å²) in [5.41, 5.74) is 0.208. The Morgan fingerprint density at radius 3 is 2.70 bits per heavy atom. The summed E-state index contributed by atoms with van der Waals surface area (Å²) in [4.78, 5) is 8.63. The number of rotatable bonds is 4. The van der Waals surface area contributed by atoms with Gasteiger partial charge in [0.25, 0.3) is 0 Å². The lowest BCUT2D eigenvalue weighted by Gasteiger charge is -2.10. The Labute approximate surface area is 136 Å². The lowest BCUT2D eigenvalue weighted by atomic mass is 9.97. The Balaban J connectivity index is 1.68. The molecule has 0 aliphatic rings. The number of hydrogen-bond donors (Lipinski definition) is 1. The fraction of sp³-hybridized carbons (Fsp3) is 0.333. The van der Waals surface area contributed by atoms with Gasteiger partial charge in [-0.3, -0.25) is 5.10 Å². The van der Waals surface area contributed by atoms with Crippen molar-refractivity contribution in [1.29, 1.82) is 0 Å². The van der Waals surface area contributed by atoms with Gasteiger partial charge in [-0.05, 0) is 12.1 Å². The molecular formula is C15H16FN5OS. The maximum atomic E-state index is 13.7. The van der Waals surface area contributed by atoms with Crippen LogP contribution in [0.25, 0.3) is 11.4 Å². The minimum atomic E-state index is -0.340. The average Bonchev–Trinajstić information content (AvgIpc) is 3.14. The minimum Gasteiger partial charge on any atom is -0.339 e. The Hall–Kier alpha value is -2.22. The summed E-state index contributed by atoms with van der Waals surface area (Å²) in [5.74, 6) is 1.71. The maximum absolute atomic E-state index is 13.7. The largest absolute Gasteiger partial charge is 0.339 e. The molecule has 0 saturated heterocycles. The van der Waals surface area contributed by atoms with E-state index in [0.29, 0.717) is 34.0 Å². The van der Waals surface area contributed by atoms with Gasteiger partial charge in [0, 0.05) is 5.41 Å². The van der Waals surface area contributed by atoms with Gasteiger partial charge in [-0.1, -0.05) is 49.8 Å². The molecule has 2 heterocycles. The molecule has 0 fully saturated rings. The molecular weight excluding hydrogens is 317 g/mol. The number of thioether (sulfide) groups is 1. The smallest absolute Gasteiger partial charge is 0.232 e. The van der Waals surface area contributed by atoms with Crippen LogP contribution in [0.15, 0.2) is 33.9 Å². The van der Waals surface area contributed by atoms with E-state index in [1.165, 1.54) is 17.8 Å². The molecule has 1 aromatic carbocycles. The van der Waals surface area contributed by atoms with Crippen molar-refractivity contribution in [2.45, 2.75) is 37.1 Å². The van der Waals surface area contributed by atoms with Gasteiger partial charge in [0.05, 0.1) is 11.3 Å². The lowest BCUT2D eigenvalue weighted by Crippen LogP contribution is -2.11. The fourth-order valence-corrected chi connectivity index (χ4v) is 2.47. The van der Waals surface area contributed by atoms with Crippen molar-refractivity contribution >= 4 is 11.8 Å². The van der Waals surface area contributed by atoms with Gasteiger partial charge < -0.3 is 4.52 Å². The molecule has 23 heavy (non-hydrogen) atoms. The summed E-state index contributed by atoms with van der Waals surface area (Å²) in [6.07, 6.45) is 0. The molecule has 0 unspecified atom stereocenters. The topological polar surface area (TPSA) is 80.5 Å². The van der Waals surface area contributed by atoms with Crippen LogP contribution in [0.4, 0.5) is 4.39 Å². The number of hydrogen-bond acceptors (Lipinski definition) is 6. The predicted octanol–water partition coefficient (Wildman–Crippen LogP) is 3.58. The first kappa shape index (κ1) is 15.7. The first-order valence-corrected chi connectivity index (χ1v) is 8.05. The van der Waals surface area contributed by atoms with Crippen LogP contribution in [0.2, 0.25) is 0 Å². The van der Waals surface area contributed by atoms with Gasteiger partial charge >= 0.3 is 0 Å². The van der Waals surface area contributed by atoms with Crippen molar-refractivity contribution < 1.29 is 8.91 Å². The van der Waals surface area contributed by atoms with Crippen molar-refractivity contribution in [3.63, 3.8) is 0 Å². The zero-order valence-corrected chi connectivity index (χ0v) is 13.8. The van der Waals surface area contributed by atoms with Crippen molar-refractivity contribution in [3.05, 3.63) is 41.8 Å². The molecule has 0 spiro atoms. The second kappa shape index (κ2) is 6.11. The van der Waals surface area contributed by atoms with E-state index in [9.17, 15) is 4.39 Å². The van der Waals surface area contributed by atoms with Crippen LogP contribution in [0, 0.1) is 5.82 Å². The van der Waals surface area contributed by atoms with Crippen LogP contribution >= 0.6 is 11.8 Å². The van der Waals surface area contributed by atoms with E-state index in [1.807, 2.05) is 20.8 Å². The molecule has 3 rings (SSSR count). The van der Waals surface area contributed by atoms with Crippen molar-refractivity contribution in [2.75, 3.05) is 0 Å².